The molecule has 4 atom stereocenters. The Bertz CT molecular complexity index is 1160. The lowest BCUT2D eigenvalue weighted by Gasteiger charge is -2.40. The standard InChI is InChI=1S/C28H30O6/c1-4-32-21-15-23(33-5-2)26-24(16-21)34-28(19-11-13-20(31-3)14-12-19)22(17-25(29)27(26,28)30)18-9-7-6-8-10-18/h6-16,22,25,29-30H,4-5,17H2,1-3H3/t22-,25+,27-,28+/m1/s1. The molecule has 3 aromatic rings. The molecule has 1 fully saturated rings. The van der Waals surface area contributed by atoms with Gasteiger partial charge in [-0.05, 0) is 43.5 Å². The van der Waals surface area contributed by atoms with Crippen molar-refractivity contribution in [2.24, 2.45) is 0 Å². The Kier molecular flexibility index (Phi) is 5.66. The van der Waals surface area contributed by atoms with Gasteiger partial charge in [0.1, 0.15) is 23.0 Å². The summed E-state index contributed by atoms with van der Waals surface area (Å²) in [6.07, 6.45) is -0.761. The van der Waals surface area contributed by atoms with E-state index in [4.69, 9.17) is 18.9 Å². The Morgan fingerprint density at radius 2 is 1.65 bits per heavy atom. The van der Waals surface area contributed by atoms with Crippen molar-refractivity contribution in [1.82, 2.24) is 0 Å². The van der Waals surface area contributed by atoms with Crippen molar-refractivity contribution in [2.75, 3.05) is 20.3 Å². The Labute approximate surface area is 199 Å². The number of methoxy groups -OCH3 is 1. The van der Waals surface area contributed by atoms with E-state index in [1.807, 2.05) is 68.4 Å². The highest BCUT2D eigenvalue weighted by atomic mass is 16.5. The summed E-state index contributed by atoms with van der Waals surface area (Å²) in [6, 6.07) is 20.9. The number of rotatable bonds is 7. The highest BCUT2D eigenvalue weighted by Crippen LogP contribution is 2.68. The van der Waals surface area contributed by atoms with Crippen LogP contribution in [0.25, 0.3) is 0 Å². The molecule has 6 nitrogen and oxygen atoms in total. The summed E-state index contributed by atoms with van der Waals surface area (Å²) in [7, 11) is 1.61. The lowest BCUT2D eigenvalue weighted by Crippen LogP contribution is -2.52. The van der Waals surface area contributed by atoms with Crippen molar-refractivity contribution in [2.45, 2.75) is 43.5 Å². The maximum Gasteiger partial charge on any atom is 0.176 e. The van der Waals surface area contributed by atoms with Crippen molar-refractivity contribution in [1.29, 1.82) is 0 Å². The van der Waals surface area contributed by atoms with E-state index in [1.54, 1.807) is 19.2 Å². The van der Waals surface area contributed by atoms with E-state index in [-0.39, 0.29) is 5.92 Å². The van der Waals surface area contributed by atoms with Crippen LogP contribution in [0, 0.1) is 0 Å². The lowest BCUT2D eigenvalue weighted by molar-refractivity contribution is -0.150. The smallest absolute Gasteiger partial charge is 0.176 e. The van der Waals surface area contributed by atoms with Gasteiger partial charge in [0.15, 0.2) is 11.2 Å². The van der Waals surface area contributed by atoms with Gasteiger partial charge in [0, 0.05) is 18.1 Å². The number of hydrogen-bond acceptors (Lipinski definition) is 6. The summed E-state index contributed by atoms with van der Waals surface area (Å²) in [4.78, 5) is 0. The molecule has 0 amide bonds. The molecule has 2 aliphatic rings. The quantitative estimate of drug-likeness (QED) is 0.538. The van der Waals surface area contributed by atoms with Gasteiger partial charge < -0.3 is 29.2 Å². The molecular weight excluding hydrogens is 432 g/mol. The second-order valence-corrected chi connectivity index (χ2v) is 8.71. The Morgan fingerprint density at radius 1 is 0.941 bits per heavy atom. The van der Waals surface area contributed by atoms with Gasteiger partial charge in [-0.3, -0.25) is 0 Å². The highest BCUT2D eigenvalue weighted by molar-refractivity contribution is 5.62. The Hall–Kier alpha value is -3.22. The molecule has 34 heavy (non-hydrogen) atoms. The second kappa shape index (κ2) is 8.53. The van der Waals surface area contributed by atoms with Crippen molar-refractivity contribution in [3.05, 3.63) is 83.4 Å². The first kappa shape index (κ1) is 22.6. The van der Waals surface area contributed by atoms with E-state index in [0.717, 1.165) is 11.1 Å². The topological polar surface area (TPSA) is 77.4 Å². The summed E-state index contributed by atoms with van der Waals surface area (Å²) in [5.74, 6) is 1.87. The molecule has 0 unspecified atom stereocenters. The molecule has 0 aromatic heterocycles. The lowest BCUT2D eigenvalue weighted by atomic mass is 9.71. The third-order valence-corrected chi connectivity index (χ3v) is 7.02. The minimum absolute atomic E-state index is 0.320. The Morgan fingerprint density at radius 3 is 2.29 bits per heavy atom. The van der Waals surface area contributed by atoms with E-state index in [2.05, 4.69) is 0 Å². The maximum atomic E-state index is 12.5. The number of fused-ring (bicyclic) bond motifs is 3. The molecular formula is C28H30O6. The fourth-order valence-corrected chi connectivity index (χ4v) is 5.66. The van der Waals surface area contributed by atoms with Gasteiger partial charge in [0.25, 0.3) is 0 Å². The molecule has 0 bridgehead atoms. The van der Waals surface area contributed by atoms with Crippen molar-refractivity contribution < 1.29 is 29.2 Å². The first-order valence-corrected chi connectivity index (χ1v) is 11.7. The van der Waals surface area contributed by atoms with E-state index >= 15 is 0 Å². The van der Waals surface area contributed by atoms with Crippen molar-refractivity contribution >= 4 is 0 Å². The minimum Gasteiger partial charge on any atom is -0.497 e. The molecule has 178 valence electrons. The van der Waals surface area contributed by atoms with Crippen LogP contribution in [0.3, 0.4) is 0 Å². The number of aliphatic hydroxyl groups excluding tert-OH is 1. The summed E-state index contributed by atoms with van der Waals surface area (Å²) >= 11 is 0. The zero-order valence-corrected chi connectivity index (χ0v) is 19.7. The van der Waals surface area contributed by atoms with Crippen LogP contribution in [0.15, 0.2) is 66.7 Å². The van der Waals surface area contributed by atoms with Crippen LogP contribution >= 0.6 is 0 Å². The Balaban J connectivity index is 1.78. The van der Waals surface area contributed by atoms with Crippen LogP contribution in [0.5, 0.6) is 23.0 Å². The fourth-order valence-electron chi connectivity index (χ4n) is 5.66. The fraction of sp³-hybridized carbons (Fsp3) is 0.357. The molecule has 1 aliphatic heterocycles. The summed E-state index contributed by atoms with van der Waals surface area (Å²) < 4.78 is 23.9. The van der Waals surface area contributed by atoms with E-state index in [9.17, 15) is 10.2 Å². The van der Waals surface area contributed by atoms with Crippen molar-refractivity contribution in [3.63, 3.8) is 0 Å². The largest absolute Gasteiger partial charge is 0.497 e. The van der Waals surface area contributed by atoms with Gasteiger partial charge >= 0.3 is 0 Å². The predicted octanol–water partition coefficient (Wildman–Crippen LogP) is 4.52. The van der Waals surface area contributed by atoms with Gasteiger partial charge in [-0.25, -0.2) is 0 Å². The number of benzene rings is 3. The average Bonchev–Trinajstić information content (AvgIpc) is 3.25. The number of ether oxygens (including phenoxy) is 4. The first-order chi connectivity index (χ1) is 16.5. The zero-order chi connectivity index (χ0) is 23.9. The van der Waals surface area contributed by atoms with E-state index in [1.165, 1.54) is 0 Å². The molecule has 1 aliphatic carbocycles. The normalized spacial score (nSPS) is 27.0. The van der Waals surface area contributed by atoms with Crippen LogP contribution in [-0.4, -0.2) is 36.6 Å². The van der Waals surface area contributed by atoms with Crippen LogP contribution in [0.1, 0.15) is 42.9 Å². The highest BCUT2D eigenvalue weighted by Gasteiger charge is 2.73. The minimum atomic E-state index is -1.74. The molecule has 1 saturated carbocycles. The van der Waals surface area contributed by atoms with Crippen LogP contribution in [0.2, 0.25) is 0 Å². The second-order valence-electron chi connectivity index (χ2n) is 8.71. The monoisotopic (exact) mass is 462 g/mol. The van der Waals surface area contributed by atoms with Gasteiger partial charge in [-0.2, -0.15) is 0 Å². The molecule has 5 rings (SSSR count). The van der Waals surface area contributed by atoms with Gasteiger partial charge in [-0.15, -0.1) is 0 Å². The molecule has 1 heterocycles. The van der Waals surface area contributed by atoms with Crippen LogP contribution in [-0.2, 0) is 11.2 Å². The molecule has 0 spiro atoms. The maximum absolute atomic E-state index is 12.5. The SMILES string of the molecule is CCOc1cc(OCC)c2c(c1)O[C@@]1(c3ccc(OC)cc3)[C@@H](c3ccccc3)C[C@H](O)[C@@]21O. The van der Waals surface area contributed by atoms with Gasteiger partial charge in [0.2, 0.25) is 0 Å². The van der Waals surface area contributed by atoms with Crippen LogP contribution in [0.4, 0.5) is 0 Å². The van der Waals surface area contributed by atoms with E-state index in [0.29, 0.717) is 48.2 Å². The molecule has 0 saturated heterocycles. The third-order valence-electron chi connectivity index (χ3n) is 7.02. The van der Waals surface area contributed by atoms with Gasteiger partial charge in [-0.1, -0.05) is 42.5 Å². The summed E-state index contributed by atoms with van der Waals surface area (Å²) in [6.45, 7) is 4.66. The molecule has 2 N–H and O–H groups in total. The summed E-state index contributed by atoms with van der Waals surface area (Å²) in [5, 5.41) is 24.0. The summed E-state index contributed by atoms with van der Waals surface area (Å²) in [5.41, 5.74) is -0.840. The predicted molar refractivity (Wildman–Crippen MR) is 128 cm³/mol. The van der Waals surface area contributed by atoms with Crippen molar-refractivity contribution in [3.8, 4) is 23.0 Å². The molecule has 6 heteroatoms. The van der Waals surface area contributed by atoms with E-state index < -0.39 is 17.3 Å². The van der Waals surface area contributed by atoms with Crippen LogP contribution < -0.4 is 18.9 Å². The average molecular weight is 463 g/mol. The molecule has 3 aromatic carbocycles. The molecule has 0 radical (unpaired) electrons. The first-order valence-electron chi connectivity index (χ1n) is 11.7. The third kappa shape index (κ3) is 3.09. The number of aliphatic hydroxyl groups is 2. The van der Waals surface area contributed by atoms with Gasteiger partial charge in [0.05, 0.1) is 32.0 Å². The number of hydrogen-bond donors (Lipinski definition) is 2. The zero-order valence-electron chi connectivity index (χ0n) is 19.7.